The smallest absolute Gasteiger partial charge is 0.330 e. The van der Waals surface area contributed by atoms with Gasteiger partial charge in [-0.2, -0.15) is 0 Å². The van der Waals surface area contributed by atoms with E-state index in [0.29, 0.717) is 0 Å². The zero-order valence-corrected chi connectivity index (χ0v) is 11.1. The highest BCUT2D eigenvalue weighted by Crippen LogP contribution is 2.36. The van der Waals surface area contributed by atoms with Crippen LogP contribution in [0.4, 0.5) is 0 Å². The number of nitrogens with one attached hydrogen (secondary N) is 1. The fraction of sp³-hybridized carbons (Fsp3) is 0.667. The second-order valence-corrected chi connectivity index (χ2v) is 5.37. The highest BCUT2D eigenvalue weighted by atomic mass is 16.7. The van der Waals surface area contributed by atoms with Crippen molar-refractivity contribution in [1.82, 2.24) is 9.55 Å². The summed E-state index contributed by atoms with van der Waals surface area (Å²) >= 11 is 0. The van der Waals surface area contributed by atoms with Gasteiger partial charge in [-0.25, -0.2) is 4.79 Å². The minimum atomic E-state index is -1.02. The van der Waals surface area contributed by atoms with E-state index in [4.69, 9.17) is 14.2 Å². The topological polar surface area (TPSA) is 103 Å². The molecular weight excluding hydrogens is 268 g/mol. The lowest BCUT2D eigenvalue weighted by atomic mass is 10.1. The molecule has 3 rings (SSSR count). The molecule has 2 saturated heterocycles. The first-order valence-corrected chi connectivity index (χ1v) is 6.34. The molecule has 2 aliphatic rings. The van der Waals surface area contributed by atoms with Crippen molar-refractivity contribution in [3.8, 4) is 0 Å². The normalized spacial score (nSPS) is 35.8. The highest BCUT2D eigenvalue weighted by Gasteiger charge is 2.51. The number of aromatic nitrogens is 2. The van der Waals surface area contributed by atoms with Gasteiger partial charge in [-0.3, -0.25) is 14.3 Å². The van der Waals surface area contributed by atoms with Crippen LogP contribution in [0.1, 0.15) is 20.1 Å². The van der Waals surface area contributed by atoms with Gasteiger partial charge in [-0.1, -0.05) is 0 Å². The average molecular weight is 284 g/mol. The van der Waals surface area contributed by atoms with Crippen molar-refractivity contribution in [1.29, 1.82) is 0 Å². The third-order valence-corrected chi connectivity index (χ3v) is 3.45. The minimum Gasteiger partial charge on any atom is -0.386 e. The summed E-state index contributed by atoms with van der Waals surface area (Å²) in [6.45, 7) is 3.76. The number of hydrogen-bond donors (Lipinski definition) is 2. The van der Waals surface area contributed by atoms with Gasteiger partial charge >= 0.3 is 5.69 Å². The number of aromatic amines is 1. The third-order valence-electron chi connectivity index (χ3n) is 3.45. The second-order valence-electron chi connectivity index (χ2n) is 5.37. The fourth-order valence-electron chi connectivity index (χ4n) is 2.50. The number of ether oxygens (including phenoxy) is 3. The molecule has 8 heteroatoms. The van der Waals surface area contributed by atoms with E-state index in [0.717, 1.165) is 4.57 Å². The molecule has 0 aliphatic carbocycles. The van der Waals surface area contributed by atoms with Crippen molar-refractivity contribution in [2.75, 3.05) is 6.61 Å². The minimum absolute atomic E-state index is 0.267. The van der Waals surface area contributed by atoms with Crippen LogP contribution in [0.5, 0.6) is 0 Å². The molecule has 110 valence electrons. The van der Waals surface area contributed by atoms with Gasteiger partial charge in [-0.05, 0) is 13.8 Å². The van der Waals surface area contributed by atoms with Crippen molar-refractivity contribution < 1.29 is 19.3 Å². The maximum atomic E-state index is 11.7. The van der Waals surface area contributed by atoms with E-state index in [2.05, 4.69) is 4.98 Å². The van der Waals surface area contributed by atoms with Crippen molar-refractivity contribution in [3.05, 3.63) is 33.1 Å². The van der Waals surface area contributed by atoms with Gasteiger partial charge in [0, 0.05) is 12.3 Å². The summed E-state index contributed by atoms with van der Waals surface area (Å²) in [6.07, 6.45) is -1.68. The predicted molar refractivity (Wildman–Crippen MR) is 66.1 cm³/mol. The van der Waals surface area contributed by atoms with E-state index >= 15 is 0 Å². The summed E-state index contributed by atoms with van der Waals surface area (Å²) in [6, 6.07) is 1.20. The summed E-state index contributed by atoms with van der Waals surface area (Å²) in [4.78, 5) is 24.9. The molecule has 2 N–H and O–H groups in total. The molecular formula is C12H16N2O6. The lowest BCUT2D eigenvalue weighted by molar-refractivity contribution is -0.300. The maximum Gasteiger partial charge on any atom is 0.330 e. The van der Waals surface area contributed by atoms with Crippen LogP contribution in [0.2, 0.25) is 0 Å². The molecule has 1 aromatic rings. The van der Waals surface area contributed by atoms with Crippen LogP contribution in [-0.4, -0.2) is 45.4 Å². The van der Waals surface area contributed by atoms with Crippen molar-refractivity contribution in [3.63, 3.8) is 0 Å². The van der Waals surface area contributed by atoms with Gasteiger partial charge in [0.2, 0.25) is 0 Å². The molecule has 3 heterocycles. The Bertz CT molecular complexity index is 621. The van der Waals surface area contributed by atoms with Gasteiger partial charge in [0.1, 0.15) is 18.3 Å². The van der Waals surface area contributed by atoms with E-state index in [1.165, 1.54) is 12.3 Å². The Balaban J connectivity index is 1.90. The molecule has 0 unspecified atom stereocenters. The van der Waals surface area contributed by atoms with Crippen LogP contribution in [-0.2, 0) is 14.2 Å². The zero-order valence-electron chi connectivity index (χ0n) is 11.1. The maximum absolute atomic E-state index is 11.7. The van der Waals surface area contributed by atoms with E-state index in [1.807, 2.05) is 0 Å². The van der Waals surface area contributed by atoms with Gasteiger partial charge < -0.3 is 19.3 Å². The van der Waals surface area contributed by atoms with Crippen molar-refractivity contribution in [2.24, 2.45) is 0 Å². The van der Waals surface area contributed by atoms with Crippen LogP contribution in [0.15, 0.2) is 21.9 Å². The SMILES string of the molecule is CC1(C)OC[C@H]2O[C@@H](n3ccc(=O)[nH]c3=O)[C@H](O)[C@@H]2O1. The number of aliphatic hydroxyl groups is 1. The number of hydrogen-bond acceptors (Lipinski definition) is 6. The van der Waals surface area contributed by atoms with Crippen LogP contribution < -0.4 is 11.2 Å². The molecule has 4 atom stereocenters. The summed E-state index contributed by atoms with van der Waals surface area (Å²) in [5.41, 5.74) is -1.14. The lowest BCUT2D eigenvalue weighted by Gasteiger charge is -2.37. The molecule has 0 saturated carbocycles. The van der Waals surface area contributed by atoms with Crippen LogP contribution in [0.25, 0.3) is 0 Å². The van der Waals surface area contributed by atoms with E-state index in [-0.39, 0.29) is 6.61 Å². The van der Waals surface area contributed by atoms with Gasteiger partial charge in [-0.15, -0.1) is 0 Å². The molecule has 0 aromatic carbocycles. The molecule has 1 aromatic heterocycles. The van der Waals surface area contributed by atoms with Gasteiger partial charge in [0.15, 0.2) is 12.0 Å². The molecule has 0 bridgehead atoms. The zero-order chi connectivity index (χ0) is 14.5. The van der Waals surface area contributed by atoms with Crippen LogP contribution in [0, 0.1) is 0 Å². The van der Waals surface area contributed by atoms with E-state index < -0.39 is 41.6 Å². The molecule has 8 nitrogen and oxygen atoms in total. The van der Waals surface area contributed by atoms with Crippen LogP contribution >= 0.6 is 0 Å². The Labute approximate surface area is 113 Å². The summed E-state index contributed by atoms with van der Waals surface area (Å²) in [7, 11) is 0. The Morgan fingerprint density at radius 3 is 2.90 bits per heavy atom. The van der Waals surface area contributed by atoms with Crippen LogP contribution in [0.3, 0.4) is 0 Å². The first-order chi connectivity index (χ1) is 9.37. The molecule has 0 spiro atoms. The summed E-state index contributed by atoms with van der Waals surface area (Å²) in [5.74, 6) is -0.809. The number of nitrogens with zero attached hydrogens (tertiary/aromatic N) is 1. The quantitative estimate of drug-likeness (QED) is 0.682. The van der Waals surface area contributed by atoms with E-state index in [9.17, 15) is 14.7 Å². The third kappa shape index (κ3) is 2.20. The lowest BCUT2D eigenvalue weighted by Crippen LogP contribution is -2.50. The molecule has 0 amide bonds. The predicted octanol–water partition coefficient (Wildman–Crippen LogP) is -1.05. The molecule has 20 heavy (non-hydrogen) atoms. The first kappa shape index (κ1) is 13.5. The van der Waals surface area contributed by atoms with Crippen molar-refractivity contribution in [2.45, 2.75) is 44.2 Å². The Morgan fingerprint density at radius 2 is 2.20 bits per heavy atom. The number of aliphatic hydroxyl groups excluding tert-OH is 1. The summed E-state index contributed by atoms with van der Waals surface area (Å²) in [5, 5.41) is 10.3. The monoisotopic (exact) mass is 284 g/mol. The van der Waals surface area contributed by atoms with E-state index in [1.54, 1.807) is 13.8 Å². The fourth-order valence-corrected chi connectivity index (χ4v) is 2.50. The van der Waals surface area contributed by atoms with Gasteiger partial charge in [0.25, 0.3) is 5.56 Å². The molecule has 0 radical (unpaired) electrons. The largest absolute Gasteiger partial charge is 0.386 e. The Hall–Kier alpha value is -1.48. The summed E-state index contributed by atoms with van der Waals surface area (Å²) < 4.78 is 17.9. The molecule has 2 fully saturated rings. The number of fused-ring (bicyclic) bond motifs is 1. The molecule has 2 aliphatic heterocycles. The standard InChI is InChI=1S/C12H16N2O6/c1-12(2)18-5-6-9(20-12)8(16)10(19-6)14-4-3-7(15)13-11(14)17/h3-4,6,8-10,16H,5H2,1-2H3,(H,13,15,17)/t6-,8-,9-,10-/m1/s1. The average Bonchev–Trinajstić information content (AvgIpc) is 2.66. The number of rotatable bonds is 1. The highest BCUT2D eigenvalue weighted by molar-refractivity contribution is 4.96. The first-order valence-electron chi connectivity index (χ1n) is 6.34. The Kier molecular flexibility index (Phi) is 3.05. The Morgan fingerprint density at radius 1 is 1.45 bits per heavy atom. The van der Waals surface area contributed by atoms with Gasteiger partial charge in [0.05, 0.1) is 6.61 Å². The second kappa shape index (κ2) is 4.52. The van der Waals surface area contributed by atoms with Crippen molar-refractivity contribution >= 4 is 0 Å². The number of H-pyrrole nitrogens is 1.